The number of hydrogen-bond acceptors (Lipinski definition) is 5. The molecule has 0 atom stereocenters. The molecule has 0 radical (unpaired) electrons. The van der Waals surface area contributed by atoms with Crippen molar-refractivity contribution in [2.75, 3.05) is 0 Å². The van der Waals surface area contributed by atoms with E-state index in [4.69, 9.17) is 23.8 Å². The Bertz CT molecular complexity index is 3830. The predicted octanol–water partition coefficient (Wildman–Crippen LogP) is 15.5. The Morgan fingerprint density at radius 3 is 1.24 bits per heavy atom. The van der Waals surface area contributed by atoms with Crippen LogP contribution in [0.25, 0.3) is 133 Å². The topological polar surface area (TPSA) is 65.0 Å². The molecule has 0 fully saturated rings. The lowest BCUT2D eigenvalue weighted by molar-refractivity contribution is 0.669. The normalized spacial score (nSPS) is 11.9. The lowest BCUT2D eigenvalue weighted by Crippen LogP contribution is -2.00. The van der Waals surface area contributed by atoms with Crippen molar-refractivity contribution in [3.63, 3.8) is 0 Å². The summed E-state index contributed by atoms with van der Waals surface area (Å²) < 4.78 is 13.1. The molecule has 5 heteroatoms. The van der Waals surface area contributed by atoms with Gasteiger partial charge in [0.2, 0.25) is 0 Å². The van der Waals surface area contributed by atoms with Gasteiger partial charge in [-0.1, -0.05) is 158 Å². The van der Waals surface area contributed by atoms with Crippen molar-refractivity contribution in [2.24, 2.45) is 0 Å². The number of benzene rings is 10. The first-order valence-corrected chi connectivity index (χ1v) is 20.8. The molecule has 3 heterocycles. The lowest BCUT2D eigenvalue weighted by Gasteiger charge is -2.12. The average Bonchev–Trinajstić information content (AvgIpc) is 3.92. The van der Waals surface area contributed by atoms with Crippen LogP contribution in [0.1, 0.15) is 0 Å². The van der Waals surface area contributed by atoms with Crippen molar-refractivity contribution >= 4 is 76.2 Å². The van der Waals surface area contributed by atoms with E-state index in [0.717, 1.165) is 82.8 Å². The first-order valence-electron chi connectivity index (χ1n) is 20.8. The minimum Gasteiger partial charge on any atom is -0.456 e. The molecule has 62 heavy (non-hydrogen) atoms. The van der Waals surface area contributed by atoms with Crippen LogP contribution in [-0.2, 0) is 0 Å². The van der Waals surface area contributed by atoms with Gasteiger partial charge in [0.15, 0.2) is 17.5 Å². The molecule has 0 unspecified atom stereocenters. The summed E-state index contributed by atoms with van der Waals surface area (Å²) >= 11 is 0. The molecule has 13 rings (SSSR count). The third-order valence-electron chi connectivity index (χ3n) is 12.3. The standard InChI is InChI=1S/C57H33N3O2/c1-3-13-34(14-4-1)55-58-56(35-15-5-2-6-16-35)60-57(59-55)45-22-12-24-52-54(45)48-33-38(27-30-50(48)62-52)39-21-11-23-51-53(39)47-32-37(26-29-49(47)61-51)36-25-28-44-42-19-8-7-17-40(42)41-18-9-10-20-43(41)46(44)31-36/h1-33H. The second-order valence-corrected chi connectivity index (χ2v) is 15.9. The summed E-state index contributed by atoms with van der Waals surface area (Å²) in [6.45, 7) is 0. The highest BCUT2D eigenvalue weighted by Crippen LogP contribution is 2.43. The van der Waals surface area contributed by atoms with Crippen LogP contribution in [0.2, 0.25) is 0 Å². The highest BCUT2D eigenvalue weighted by atomic mass is 16.3. The zero-order chi connectivity index (χ0) is 40.7. The Morgan fingerprint density at radius 2 is 0.661 bits per heavy atom. The van der Waals surface area contributed by atoms with Gasteiger partial charge < -0.3 is 8.83 Å². The quantitative estimate of drug-likeness (QED) is 0.162. The van der Waals surface area contributed by atoms with Crippen molar-refractivity contribution < 1.29 is 8.83 Å². The molecule has 10 aromatic carbocycles. The van der Waals surface area contributed by atoms with E-state index in [2.05, 4.69) is 127 Å². The van der Waals surface area contributed by atoms with Gasteiger partial charge in [-0.25, -0.2) is 15.0 Å². The summed E-state index contributed by atoms with van der Waals surface area (Å²) in [6.07, 6.45) is 0. The molecule has 0 bridgehead atoms. The Labute approximate surface area is 355 Å². The molecule has 0 aliphatic rings. The summed E-state index contributed by atoms with van der Waals surface area (Å²) in [4.78, 5) is 15.1. The molecule has 0 amide bonds. The molecule has 0 aliphatic carbocycles. The van der Waals surface area contributed by atoms with Gasteiger partial charge in [-0.3, -0.25) is 0 Å². The third-order valence-corrected chi connectivity index (χ3v) is 12.3. The number of rotatable bonds is 5. The molecule has 0 N–H and O–H groups in total. The maximum absolute atomic E-state index is 6.56. The smallest absolute Gasteiger partial charge is 0.164 e. The largest absolute Gasteiger partial charge is 0.456 e. The Morgan fingerprint density at radius 1 is 0.242 bits per heavy atom. The first kappa shape index (κ1) is 34.5. The highest BCUT2D eigenvalue weighted by molar-refractivity contribution is 6.26. The van der Waals surface area contributed by atoms with Gasteiger partial charge in [0.1, 0.15) is 22.3 Å². The van der Waals surface area contributed by atoms with Gasteiger partial charge in [-0.05, 0) is 97.0 Å². The van der Waals surface area contributed by atoms with Crippen molar-refractivity contribution in [2.45, 2.75) is 0 Å². The molecule has 0 spiro atoms. The van der Waals surface area contributed by atoms with E-state index in [1.54, 1.807) is 0 Å². The molecule has 0 saturated carbocycles. The first-order chi connectivity index (χ1) is 30.7. The molecular weight excluding hydrogens is 759 g/mol. The minimum absolute atomic E-state index is 0.585. The van der Waals surface area contributed by atoms with Crippen LogP contribution in [0.3, 0.4) is 0 Å². The van der Waals surface area contributed by atoms with E-state index in [1.165, 1.54) is 32.3 Å². The van der Waals surface area contributed by atoms with Crippen LogP contribution >= 0.6 is 0 Å². The average molecular weight is 792 g/mol. The maximum Gasteiger partial charge on any atom is 0.164 e. The molecule has 3 aromatic heterocycles. The van der Waals surface area contributed by atoms with E-state index in [0.29, 0.717) is 17.5 Å². The number of furan rings is 2. The van der Waals surface area contributed by atoms with Gasteiger partial charge in [-0.2, -0.15) is 0 Å². The summed E-state index contributed by atoms with van der Waals surface area (Å²) in [5.41, 5.74) is 10.4. The lowest BCUT2D eigenvalue weighted by atomic mass is 9.91. The number of fused-ring (bicyclic) bond motifs is 12. The fraction of sp³-hybridized carbons (Fsp3) is 0. The molecule has 5 nitrogen and oxygen atoms in total. The van der Waals surface area contributed by atoms with E-state index in [-0.39, 0.29) is 0 Å². The molecule has 288 valence electrons. The van der Waals surface area contributed by atoms with Gasteiger partial charge >= 0.3 is 0 Å². The van der Waals surface area contributed by atoms with Gasteiger partial charge in [0.05, 0.1) is 0 Å². The Hall–Kier alpha value is -8.41. The fourth-order valence-electron chi connectivity index (χ4n) is 9.44. The van der Waals surface area contributed by atoms with Gasteiger partial charge in [-0.15, -0.1) is 0 Å². The summed E-state index contributed by atoms with van der Waals surface area (Å²) in [5, 5.41) is 11.7. The maximum atomic E-state index is 6.56. The van der Waals surface area contributed by atoms with Crippen LogP contribution in [0, 0.1) is 0 Å². The Kier molecular flexibility index (Phi) is 7.54. The van der Waals surface area contributed by atoms with Crippen molar-refractivity contribution in [3.05, 3.63) is 200 Å². The third kappa shape index (κ3) is 5.38. The van der Waals surface area contributed by atoms with E-state index in [9.17, 15) is 0 Å². The SMILES string of the molecule is c1ccc(-c2nc(-c3ccccc3)nc(-c3cccc4oc5ccc(-c6cccc7oc8ccc(-c9ccc%10c%11ccccc%11c%11ccccc%11c%10c9)cc8c67)cc5c34)n2)cc1. The van der Waals surface area contributed by atoms with Crippen LogP contribution in [0.5, 0.6) is 0 Å². The van der Waals surface area contributed by atoms with Gasteiger partial charge in [0.25, 0.3) is 0 Å². The zero-order valence-electron chi connectivity index (χ0n) is 33.2. The molecule has 0 saturated heterocycles. The summed E-state index contributed by atoms with van der Waals surface area (Å²) in [7, 11) is 0. The predicted molar refractivity (Wildman–Crippen MR) is 254 cm³/mol. The summed E-state index contributed by atoms with van der Waals surface area (Å²) in [6, 6.07) is 69.9. The van der Waals surface area contributed by atoms with Crippen molar-refractivity contribution in [1.82, 2.24) is 15.0 Å². The van der Waals surface area contributed by atoms with Crippen molar-refractivity contribution in [1.29, 1.82) is 0 Å². The van der Waals surface area contributed by atoms with E-state index < -0.39 is 0 Å². The monoisotopic (exact) mass is 791 g/mol. The second kappa shape index (κ2) is 13.6. The molecule has 0 aliphatic heterocycles. The number of hydrogen-bond donors (Lipinski definition) is 0. The van der Waals surface area contributed by atoms with Crippen LogP contribution < -0.4 is 0 Å². The van der Waals surface area contributed by atoms with Crippen LogP contribution in [0.15, 0.2) is 209 Å². The summed E-state index contributed by atoms with van der Waals surface area (Å²) in [5.74, 6) is 1.81. The Balaban J connectivity index is 0.978. The minimum atomic E-state index is 0.585. The number of nitrogens with zero attached hydrogens (tertiary/aromatic N) is 3. The van der Waals surface area contributed by atoms with E-state index in [1.807, 2.05) is 72.8 Å². The molecular formula is C57H33N3O2. The van der Waals surface area contributed by atoms with Crippen molar-refractivity contribution in [3.8, 4) is 56.4 Å². The van der Waals surface area contributed by atoms with E-state index >= 15 is 0 Å². The van der Waals surface area contributed by atoms with Crippen LogP contribution in [0.4, 0.5) is 0 Å². The van der Waals surface area contributed by atoms with Gasteiger partial charge in [0, 0.05) is 38.2 Å². The zero-order valence-corrected chi connectivity index (χ0v) is 33.2. The van der Waals surface area contributed by atoms with Crippen LogP contribution in [-0.4, -0.2) is 15.0 Å². The molecule has 13 aromatic rings. The fourth-order valence-corrected chi connectivity index (χ4v) is 9.44. The number of aromatic nitrogens is 3. The second-order valence-electron chi connectivity index (χ2n) is 15.9. The highest BCUT2D eigenvalue weighted by Gasteiger charge is 2.20.